The number of thiophene rings is 1. The molecule has 3 amide bonds. The summed E-state index contributed by atoms with van der Waals surface area (Å²) >= 11 is 7.53. The predicted molar refractivity (Wildman–Crippen MR) is 127 cm³/mol. The van der Waals surface area contributed by atoms with E-state index in [0.717, 1.165) is 10.4 Å². The van der Waals surface area contributed by atoms with Crippen molar-refractivity contribution in [3.63, 3.8) is 0 Å². The second kappa shape index (κ2) is 10.5. The van der Waals surface area contributed by atoms with Crippen LogP contribution in [0.1, 0.15) is 10.4 Å². The molecule has 0 saturated heterocycles. The molecule has 3 aromatic rings. The lowest BCUT2D eigenvalue weighted by atomic mass is 10.2. The van der Waals surface area contributed by atoms with Crippen molar-refractivity contribution < 1.29 is 19.1 Å². The van der Waals surface area contributed by atoms with Crippen LogP contribution in [-0.4, -0.2) is 42.3 Å². The Morgan fingerprint density at radius 2 is 1.88 bits per heavy atom. The summed E-state index contributed by atoms with van der Waals surface area (Å²) in [6, 6.07) is 18.0. The Morgan fingerprint density at radius 3 is 2.64 bits per heavy atom. The number of carbonyl (C=O) groups excluding carboxylic acids is 3. The van der Waals surface area contributed by atoms with Crippen molar-refractivity contribution in [2.75, 3.05) is 24.6 Å². The third-order valence-electron chi connectivity index (χ3n) is 5.12. The minimum absolute atomic E-state index is 0.132. The van der Waals surface area contributed by atoms with E-state index < -0.39 is 0 Å². The van der Waals surface area contributed by atoms with Crippen molar-refractivity contribution in [3.8, 4) is 5.75 Å². The highest BCUT2D eigenvalue weighted by Crippen LogP contribution is 2.31. The summed E-state index contributed by atoms with van der Waals surface area (Å²) < 4.78 is 5.45. The Morgan fingerprint density at radius 1 is 1.09 bits per heavy atom. The van der Waals surface area contributed by atoms with Crippen LogP contribution in [0, 0.1) is 0 Å². The topological polar surface area (TPSA) is 79.0 Å². The van der Waals surface area contributed by atoms with E-state index in [1.165, 1.54) is 9.80 Å². The molecule has 0 fully saturated rings. The van der Waals surface area contributed by atoms with Gasteiger partial charge in [0.2, 0.25) is 11.8 Å². The van der Waals surface area contributed by atoms with Crippen LogP contribution in [0.4, 0.5) is 5.69 Å². The Hall–Kier alpha value is -3.36. The second-order valence-corrected chi connectivity index (χ2v) is 8.94. The molecule has 9 heteroatoms. The van der Waals surface area contributed by atoms with Crippen molar-refractivity contribution in [2.24, 2.45) is 0 Å². The Kier molecular flexibility index (Phi) is 7.26. The molecule has 0 atom stereocenters. The van der Waals surface area contributed by atoms with Crippen LogP contribution in [0.15, 0.2) is 66.0 Å². The molecule has 0 bridgehead atoms. The molecule has 2 heterocycles. The van der Waals surface area contributed by atoms with Gasteiger partial charge in [-0.1, -0.05) is 41.9 Å². The highest BCUT2D eigenvalue weighted by molar-refractivity contribution is 7.09. The van der Waals surface area contributed by atoms with Crippen LogP contribution in [0.2, 0.25) is 5.02 Å². The van der Waals surface area contributed by atoms with Crippen molar-refractivity contribution in [2.45, 2.75) is 13.1 Å². The van der Waals surface area contributed by atoms with E-state index in [1.54, 1.807) is 59.9 Å². The number of nitrogens with zero attached hydrogens (tertiary/aromatic N) is 2. The van der Waals surface area contributed by atoms with Crippen molar-refractivity contribution >= 4 is 46.3 Å². The summed E-state index contributed by atoms with van der Waals surface area (Å²) in [5.41, 5.74) is 1.36. The van der Waals surface area contributed by atoms with E-state index in [-0.39, 0.29) is 44.0 Å². The van der Waals surface area contributed by atoms with Crippen LogP contribution in [0.25, 0.3) is 0 Å². The SMILES string of the molecule is O=C(CN(Cc1ccc(Cl)cc1)C(=O)CN1C(=O)COc2ccccc21)NCc1cccs1. The number of hydrogen-bond donors (Lipinski definition) is 1. The minimum atomic E-state index is -0.346. The number of nitrogens with one attached hydrogen (secondary N) is 1. The zero-order valence-corrected chi connectivity index (χ0v) is 19.3. The van der Waals surface area contributed by atoms with Gasteiger partial charge in [0.25, 0.3) is 5.91 Å². The van der Waals surface area contributed by atoms with Crippen molar-refractivity contribution in [1.82, 2.24) is 10.2 Å². The molecule has 7 nitrogen and oxygen atoms in total. The van der Waals surface area contributed by atoms with Crippen molar-refractivity contribution in [1.29, 1.82) is 0 Å². The predicted octanol–water partition coefficient (Wildman–Crippen LogP) is 3.47. The van der Waals surface area contributed by atoms with Gasteiger partial charge >= 0.3 is 0 Å². The summed E-state index contributed by atoms with van der Waals surface area (Å²) in [6.45, 7) is 0.151. The standard InChI is InChI=1S/C24H22ClN3O4S/c25-18-9-7-17(8-10-18)13-27(14-22(29)26-12-19-4-3-11-33-19)23(30)15-28-20-5-1-2-6-21(20)32-16-24(28)31/h1-11H,12-16H2,(H,26,29). The van der Waals surface area contributed by atoms with Crippen LogP contribution in [0.3, 0.4) is 0 Å². The first kappa shape index (κ1) is 22.8. The van der Waals surface area contributed by atoms with Crippen LogP contribution in [0.5, 0.6) is 5.75 Å². The van der Waals surface area contributed by atoms with Crippen molar-refractivity contribution in [3.05, 3.63) is 81.5 Å². The van der Waals surface area contributed by atoms with Gasteiger partial charge in [0.05, 0.1) is 18.8 Å². The largest absolute Gasteiger partial charge is 0.482 e. The number of carbonyl (C=O) groups is 3. The van der Waals surface area contributed by atoms with E-state index in [1.807, 2.05) is 17.5 Å². The van der Waals surface area contributed by atoms with Gasteiger partial charge in [-0.15, -0.1) is 11.3 Å². The number of rotatable bonds is 8. The normalized spacial score (nSPS) is 12.6. The van der Waals surface area contributed by atoms with E-state index in [0.29, 0.717) is 23.0 Å². The molecular formula is C24H22ClN3O4S. The maximum Gasteiger partial charge on any atom is 0.265 e. The lowest BCUT2D eigenvalue weighted by molar-refractivity contribution is -0.136. The molecule has 0 saturated carbocycles. The first-order valence-electron chi connectivity index (χ1n) is 10.3. The lowest BCUT2D eigenvalue weighted by Gasteiger charge is -2.31. The molecular weight excluding hydrogens is 462 g/mol. The quantitative estimate of drug-likeness (QED) is 0.532. The van der Waals surface area contributed by atoms with E-state index in [9.17, 15) is 14.4 Å². The summed E-state index contributed by atoms with van der Waals surface area (Å²) in [4.78, 5) is 42.3. The zero-order valence-electron chi connectivity index (χ0n) is 17.7. The molecule has 1 aliphatic rings. The maximum atomic E-state index is 13.3. The third-order valence-corrected chi connectivity index (χ3v) is 6.24. The number of halogens is 1. The Bertz CT molecular complexity index is 1130. The molecule has 2 aromatic carbocycles. The first-order valence-corrected chi connectivity index (χ1v) is 11.6. The molecule has 0 aliphatic carbocycles. The monoisotopic (exact) mass is 483 g/mol. The molecule has 1 aliphatic heterocycles. The molecule has 1 aromatic heterocycles. The highest BCUT2D eigenvalue weighted by Gasteiger charge is 2.29. The zero-order chi connectivity index (χ0) is 23.2. The van der Waals surface area contributed by atoms with Gasteiger partial charge in [-0.05, 0) is 41.3 Å². The third kappa shape index (κ3) is 5.91. The minimum Gasteiger partial charge on any atom is -0.482 e. The number of para-hydroxylation sites is 2. The van der Waals surface area contributed by atoms with Crippen LogP contribution >= 0.6 is 22.9 Å². The molecule has 0 spiro atoms. The molecule has 170 valence electrons. The number of ether oxygens (including phenoxy) is 1. The van der Waals surface area contributed by atoms with Gasteiger partial charge in [-0.2, -0.15) is 0 Å². The van der Waals surface area contributed by atoms with E-state index in [2.05, 4.69) is 5.32 Å². The summed E-state index contributed by atoms with van der Waals surface area (Å²) in [5, 5.41) is 5.37. The molecule has 4 rings (SSSR count). The number of benzene rings is 2. The smallest absolute Gasteiger partial charge is 0.265 e. The summed E-state index contributed by atoms with van der Waals surface area (Å²) in [5.74, 6) is -0.390. The average molecular weight is 484 g/mol. The highest BCUT2D eigenvalue weighted by atomic mass is 35.5. The lowest BCUT2D eigenvalue weighted by Crippen LogP contribution is -2.48. The van der Waals surface area contributed by atoms with E-state index >= 15 is 0 Å². The summed E-state index contributed by atoms with van der Waals surface area (Å²) in [6.07, 6.45) is 0. The van der Waals surface area contributed by atoms with Gasteiger partial charge in [-0.25, -0.2) is 0 Å². The van der Waals surface area contributed by atoms with Crippen LogP contribution in [-0.2, 0) is 27.5 Å². The van der Waals surface area contributed by atoms with E-state index in [4.69, 9.17) is 16.3 Å². The average Bonchev–Trinajstić information content (AvgIpc) is 3.34. The maximum absolute atomic E-state index is 13.3. The number of fused-ring (bicyclic) bond motifs is 1. The van der Waals surface area contributed by atoms with Gasteiger partial charge in [0.1, 0.15) is 12.3 Å². The molecule has 0 unspecified atom stereocenters. The molecule has 0 radical (unpaired) electrons. The van der Waals surface area contributed by atoms with Crippen LogP contribution < -0.4 is 15.0 Å². The number of anilines is 1. The van der Waals surface area contributed by atoms with Gasteiger partial charge < -0.3 is 15.0 Å². The molecule has 33 heavy (non-hydrogen) atoms. The number of amides is 3. The van der Waals surface area contributed by atoms with Gasteiger partial charge in [-0.3, -0.25) is 19.3 Å². The first-order chi connectivity index (χ1) is 16.0. The summed E-state index contributed by atoms with van der Waals surface area (Å²) in [7, 11) is 0. The Balaban J connectivity index is 1.49. The fraction of sp³-hybridized carbons (Fsp3) is 0.208. The number of hydrogen-bond acceptors (Lipinski definition) is 5. The molecule has 1 N–H and O–H groups in total. The fourth-order valence-corrected chi connectivity index (χ4v) is 4.20. The van der Waals surface area contributed by atoms with Gasteiger partial charge in [0.15, 0.2) is 6.61 Å². The fourth-order valence-electron chi connectivity index (χ4n) is 3.43. The second-order valence-electron chi connectivity index (χ2n) is 7.47. The Labute approximate surface area is 200 Å². The van der Waals surface area contributed by atoms with Gasteiger partial charge in [0, 0.05) is 16.4 Å².